The predicted octanol–water partition coefficient (Wildman–Crippen LogP) is 5.60. The number of methoxy groups -OCH3 is 1. The van der Waals surface area contributed by atoms with Gasteiger partial charge in [-0.15, -0.1) is 0 Å². The van der Waals surface area contributed by atoms with Crippen molar-refractivity contribution in [2.75, 3.05) is 20.3 Å². The van der Waals surface area contributed by atoms with Gasteiger partial charge in [-0.2, -0.15) is 0 Å². The van der Waals surface area contributed by atoms with Crippen LogP contribution in [0.2, 0.25) is 18.1 Å². The van der Waals surface area contributed by atoms with Crippen molar-refractivity contribution in [3.63, 3.8) is 0 Å². The molecule has 1 atom stereocenters. The van der Waals surface area contributed by atoms with Crippen LogP contribution < -0.4 is 9.47 Å². The first-order valence-electron chi connectivity index (χ1n) is 13.0. The molecule has 0 radical (unpaired) electrons. The van der Waals surface area contributed by atoms with Crippen LogP contribution in [0.1, 0.15) is 48.7 Å². The SMILES string of the molecule is C=C1C[C@@H](CO[Si](C)(C)C(C)(C)C)N(C(=O)c2cc(OC)c(OCc3cccc(CC(=O)O)c3)cc2[N+](=O)[O-])C1. The Morgan fingerprint density at radius 3 is 2.45 bits per heavy atom. The minimum absolute atomic E-state index is 0.00297. The molecule has 0 saturated carbocycles. The van der Waals surface area contributed by atoms with Gasteiger partial charge in [-0.25, -0.2) is 0 Å². The Kier molecular flexibility index (Phi) is 9.42. The Morgan fingerprint density at radius 1 is 1.18 bits per heavy atom. The highest BCUT2D eigenvalue weighted by atomic mass is 28.4. The summed E-state index contributed by atoms with van der Waals surface area (Å²) in [5.41, 5.74) is 1.64. The number of carboxylic acid groups (broad SMARTS) is 1. The van der Waals surface area contributed by atoms with E-state index in [2.05, 4.69) is 40.4 Å². The molecule has 2 aromatic rings. The highest BCUT2D eigenvalue weighted by Gasteiger charge is 2.40. The van der Waals surface area contributed by atoms with Gasteiger partial charge in [0.1, 0.15) is 12.2 Å². The van der Waals surface area contributed by atoms with Crippen molar-refractivity contribution in [2.24, 2.45) is 0 Å². The molecule has 0 aliphatic carbocycles. The molecule has 10 nitrogen and oxygen atoms in total. The first kappa shape index (κ1) is 30.8. The summed E-state index contributed by atoms with van der Waals surface area (Å²) in [4.78, 5) is 37.8. The molecule has 1 fully saturated rings. The second-order valence-electron chi connectivity index (χ2n) is 11.6. The summed E-state index contributed by atoms with van der Waals surface area (Å²) in [5.74, 6) is -1.19. The number of hydrogen-bond donors (Lipinski definition) is 1. The Balaban J connectivity index is 1.87. The van der Waals surface area contributed by atoms with Crippen molar-refractivity contribution < 1.29 is 33.5 Å². The lowest BCUT2D eigenvalue weighted by Gasteiger charge is -2.38. The van der Waals surface area contributed by atoms with Crippen LogP contribution in [0.15, 0.2) is 48.6 Å². The smallest absolute Gasteiger partial charge is 0.307 e. The van der Waals surface area contributed by atoms with Gasteiger partial charge in [0.05, 0.1) is 37.2 Å². The second-order valence-corrected chi connectivity index (χ2v) is 16.4. The van der Waals surface area contributed by atoms with Gasteiger partial charge in [0.15, 0.2) is 19.8 Å². The number of ether oxygens (including phenoxy) is 2. The summed E-state index contributed by atoms with van der Waals surface area (Å²) in [6.07, 6.45) is 0.428. The summed E-state index contributed by atoms with van der Waals surface area (Å²) in [7, 11) is -0.687. The van der Waals surface area contributed by atoms with Crippen molar-refractivity contribution in [3.05, 3.63) is 75.4 Å². The highest BCUT2D eigenvalue weighted by molar-refractivity contribution is 6.74. The monoisotopic (exact) mass is 570 g/mol. The molecule has 1 aliphatic rings. The zero-order valence-electron chi connectivity index (χ0n) is 24.0. The number of carbonyl (C=O) groups is 2. The molecule has 3 rings (SSSR count). The lowest BCUT2D eigenvalue weighted by atomic mass is 10.1. The highest BCUT2D eigenvalue weighted by Crippen LogP contribution is 2.39. The number of likely N-dealkylation sites (tertiary alicyclic amines) is 1. The van der Waals surface area contributed by atoms with Crippen LogP contribution in [0.25, 0.3) is 0 Å². The van der Waals surface area contributed by atoms with Gasteiger partial charge < -0.3 is 23.9 Å². The lowest BCUT2D eigenvalue weighted by Crippen LogP contribution is -2.46. The van der Waals surface area contributed by atoms with E-state index in [9.17, 15) is 19.7 Å². The largest absolute Gasteiger partial charge is 0.493 e. The van der Waals surface area contributed by atoms with Crippen molar-refractivity contribution in [1.29, 1.82) is 0 Å². The van der Waals surface area contributed by atoms with Crippen LogP contribution in [0.3, 0.4) is 0 Å². The van der Waals surface area contributed by atoms with Crippen molar-refractivity contribution in [3.8, 4) is 11.5 Å². The molecular weight excluding hydrogens is 532 g/mol. The molecule has 0 unspecified atom stereocenters. The molecule has 0 spiro atoms. The number of nitro groups is 1. The van der Waals surface area contributed by atoms with Crippen LogP contribution >= 0.6 is 0 Å². The first-order chi connectivity index (χ1) is 18.6. The fraction of sp³-hybridized carbons (Fsp3) is 0.448. The molecule has 216 valence electrons. The number of hydrogen-bond acceptors (Lipinski definition) is 7. The third-order valence-electron chi connectivity index (χ3n) is 7.51. The maximum atomic E-state index is 13.7. The quantitative estimate of drug-likeness (QED) is 0.160. The van der Waals surface area contributed by atoms with E-state index in [1.807, 2.05) is 0 Å². The number of amides is 1. The van der Waals surface area contributed by atoms with Crippen LogP contribution in [0, 0.1) is 10.1 Å². The normalized spacial score (nSPS) is 15.7. The van der Waals surface area contributed by atoms with Gasteiger partial charge in [0.2, 0.25) is 0 Å². The fourth-order valence-electron chi connectivity index (χ4n) is 4.25. The van der Waals surface area contributed by atoms with E-state index >= 15 is 0 Å². The number of carbonyl (C=O) groups excluding carboxylic acids is 1. The van der Waals surface area contributed by atoms with E-state index in [0.29, 0.717) is 24.2 Å². The molecule has 0 bridgehead atoms. The molecule has 1 amide bonds. The zero-order chi connectivity index (χ0) is 29.8. The van der Waals surface area contributed by atoms with Crippen LogP contribution in [0.4, 0.5) is 5.69 Å². The van der Waals surface area contributed by atoms with Crippen LogP contribution in [0.5, 0.6) is 11.5 Å². The number of rotatable bonds is 11. The van der Waals surface area contributed by atoms with Gasteiger partial charge in [0, 0.05) is 12.6 Å². The first-order valence-corrected chi connectivity index (χ1v) is 15.9. The number of aliphatic carboxylic acids is 1. The zero-order valence-corrected chi connectivity index (χ0v) is 25.0. The number of nitro benzene ring substituents is 1. The molecule has 1 saturated heterocycles. The standard InChI is InChI=1S/C29H38N2O8Si/c1-19-11-22(18-39-40(6,7)29(2,3)4)30(16-19)28(34)23-14-25(37-5)26(15-24(23)31(35)36)38-17-21-10-8-9-20(12-21)13-27(32)33/h8-10,12,14-15,22H,1,11,13,16-18H2,2-7H3,(H,32,33)/t22-/m0/s1. The number of nitrogens with zero attached hydrogens (tertiary/aromatic N) is 2. The van der Waals surface area contributed by atoms with Gasteiger partial charge in [-0.1, -0.05) is 57.2 Å². The molecule has 1 N–H and O–H groups in total. The minimum atomic E-state index is -2.08. The lowest BCUT2D eigenvalue weighted by molar-refractivity contribution is -0.385. The molecule has 2 aromatic carbocycles. The van der Waals surface area contributed by atoms with E-state index in [1.54, 1.807) is 29.2 Å². The number of benzene rings is 2. The summed E-state index contributed by atoms with van der Waals surface area (Å²) < 4.78 is 17.7. The van der Waals surface area contributed by atoms with E-state index in [0.717, 1.165) is 5.57 Å². The van der Waals surface area contributed by atoms with Crippen molar-refractivity contribution in [1.82, 2.24) is 4.90 Å². The fourth-order valence-corrected chi connectivity index (χ4v) is 5.29. The van der Waals surface area contributed by atoms with E-state index < -0.39 is 30.8 Å². The molecule has 11 heteroatoms. The maximum absolute atomic E-state index is 13.7. The average Bonchev–Trinajstić information content (AvgIpc) is 3.24. The molecule has 0 aromatic heterocycles. The average molecular weight is 571 g/mol. The Bertz CT molecular complexity index is 1300. The third kappa shape index (κ3) is 7.27. The van der Waals surface area contributed by atoms with E-state index in [1.165, 1.54) is 19.2 Å². The molecule has 1 heterocycles. The summed E-state index contributed by atoms with van der Waals surface area (Å²) >= 11 is 0. The maximum Gasteiger partial charge on any atom is 0.307 e. The third-order valence-corrected chi connectivity index (χ3v) is 12.0. The van der Waals surface area contributed by atoms with E-state index in [4.69, 9.17) is 19.0 Å². The van der Waals surface area contributed by atoms with Crippen LogP contribution in [-0.4, -0.2) is 61.4 Å². The molecule has 40 heavy (non-hydrogen) atoms. The van der Waals surface area contributed by atoms with Crippen LogP contribution in [-0.2, 0) is 22.2 Å². The predicted molar refractivity (Wildman–Crippen MR) is 153 cm³/mol. The topological polar surface area (TPSA) is 128 Å². The number of carboxylic acids is 1. The minimum Gasteiger partial charge on any atom is -0.493 e. The van der Waals surface area contributed by atoms with Gasteiger partial charge in [-0.05, 0) is 35.7 Å². The Morgan fingerprint density at radius 2 is 1.85 bits per heavy atom. The Labute approximate surface area is 235 Å². The Hall–Kier alpha value is -3.70. The molecular formula is C29H38N2O8Si. The van der Waals surface area contributed by atoms with E-state index in [-0.39, 0.29) is 47.7 Å². The summed E-state index contributed by atoms with van der Waals surface area (Å²) in [6.45, 7) is 15.4. The molecule has 1 aliphatic heterocycles. The van der Waals surface area contributed by atoms with Crippen molar-refractivity contribution >= 4 is 25.9 Å². The van der Waals surface area contributed by atoms with Gasteiger partial charge >= 0.3 is 5.97 Å². The van der Waals surface area contributed by atoms with Gasteiger partial charge in [-0.3, -0.25) is 19.7 Å². The van der Waals surface area contributed by atoms with Gasteiger partial charge in [0.25, 0.3) is 11.6 Å². The second kappa shape index (κ2) is 12.2. The summed E-state index contributed by atoms with van der Waals surface area (Å²) in [5, 5.41) is 21.1. The summed E-state index contributed by atoms with van der Waals surface area (Å²) in [6, 6.07) is 9.11. The van der Waals surface area contributed by atoms with Crippen molar-refractivity contribution in [2.45, 2.75) is 64.4 Å².